The fraction of sp³-hybridized carbons (Fsp3) is 0.125. The molecule has 0 saturated carbocycles. The number of allylic oxidation sites excluding steroid dienone is 4. The largest absolute Gasteiger partial charge is 0.457 e. The lowest BCUT2D eigenvalue weighted by Gasteiger charge is -2.19. The maximum atomic E-state index is 11.5. The molecule has 0 radical (unpaired) electrons. The Labute approximate surface area is 112 Å². The monoisotopic (exact) mass is 251 g/mol. The topological polar surface area (TPSA) is 50.1 Å². The van der Waals surface area contributed by atoms with Crippen LogP contribution < -0.4 is 4.74 Å². The van der Waals surface area contributed by atoms with Crippen molar-refractivity contribution in [2.45, 2.75) is 6.92 Å². The first-order chi connectivity index (χ1) is 9.13. The highest BCUT2D eigenvalue weighted by atomic mass is 16.5. The summed E-state index contributed by atoms with van der Waals surface area (Å²) in [7, 11) is 0. The van der Waals surface area contributed by atoms with Crippen molar-refractivity contribution in [3.05, 3.63) is 66.0 Å². The summed E-state index contributed by atoms with van der Waals surface area (Å²) in [6, 6.07) is 9.22. The van der Waals surface area contributed by atoms with Gasteiger partial charge in [0.05, 0.1) is 5.92 Å². The average Bonchev–Trinajstić information content (AvgIpc) is 2.42. The molecular formula is C16H13NO2. The van der Waals surface area contributed by atoms with Gasteiger partial charge in [-0.1, -0.05) is 36.9 Å². The molecule has 1 aliphatic rings. The minimum absolute atomic E-state index is 0.511. The van der Waals surface area contributed by atoms with Gasteiger partial charge in [0.1, 0.15) is 17.6 Å². The summed E-state index contributed by atoms with van der Waals surface area (Å²) in [5, 5.41) is 8.69. The lowest BCUT2D eigenvalue weighted by Crippen LogP contribution is -2.17. The van der Waals surface area contributed by atoms with Crippen molar-refractivity contribution < 1.29 is 9.53 Å². The highest BCUT2D eigenvalue weighted by Gasteiger charge is 2.24. The van der Waals surface area contributed by atoms with Crippen molar-refractivity contribution in [1.82, 2.24) is 0 Å². The van der Waals surface area contributed by atoms with Crippen LogP contribution in [0, 0.1) is 24.2 Å². The number of aryl methyl sites for hydroxylation is 1. The van der Waals surface area contributed by atoms with Crippen molar-refractivity contribution >= 4 is 5.78 Å². The Balaban J connectivity index is 2.23. The van der Waals surface area contributed by atoms with E-state index in [1.165, 1.54) is 0 Å². The Kier molecular flexibility index (Phi) is 3.63. The van der Waals surface area contributed by atoms with E-state index in [1.54, 1.807) is 24.3 Å². The first-order valence-corrected chi connectivity index (χ1v) is 5.88. The third-order valence-corrected chi connectivity index (χ3v) is 2.95. The van der Waals surface area contributed by atoms with E-state index in [4.69, 9.17) is 10.00 Å². The third-order valence-electron chi connectivity index (χ3n) is 2.95. The second kappa shape index (κ2) is 5.36. The zero-order valence-electron chi connectivity index (χ0n) is 10.6. The first kappa shape index (κ1) is 12.8. The summed E-state index contributed by atoms with van der Waals surface area (Å²) < 4.78 is 5.77. The number of hydrogen-bond donors (Lipinski definition) is 0. The molecule has 3 nitrogen and oxygen atoms in total. The molecule has 94 valence electrons. The average molecular weight is 251 g/mol. The van der Waals surface area contributed by atoms with Gasteiger partial charge in [-0.25, -0.2) is 0 Å². The number of ketones is 1. The van der Waals surface area contributed by atoms with Crippen molar-refractivity contribution in [1.29, 1.82) is 5.26 Å². The summed E-state index contributed by atoms with van der Waals surface area (Å²) >= 11 is 0. The molecule has 1 atom stereocenters. The van der Waals surface area contributed by atoms with Crippen LogP contribution in [0.25, 0.3) is 0 Å². The summed E-state index contributed by atoms with van der Waals surface area (Å²) in [6.07, 6.45) is 5.11. The van der Waals surface area contributed by atoms with Crippen LogP contribution in [-0.4, -0.2) is 5.78 Å². The lowest BCUT2D eigenvalue weighted by atomic mass is 9.91. The number of benzene rings is 1. The summed E-state index contributed by atoms with van der Waals surface area (Å²) in [5.41, 5.74) is 1.51. The van der Waals surface area contributed by atoms with E-state index in [1.807, 2.05) is 31.2 Å². The number of hydrogen-bond acceptors (Lipinski definition) is 3. The Morgan fingerprint density at radius 1 is 1.42 bits per heavy atom. The number of Topliss-reactive ketones (excluding diaryl/α,β-unsaturated/α-hetero) is 1. The highest BCUT2D eigenvalue weighted by Crippen LogP contribution is 2.28. The van der Waals surface area contributed by atoms with E-state index in [9.17, 15) is 4.79 Å². The van der Waals surface area contributed by atoms with Crippen LogP contribution in [0.1, 0.15) is 5.56 Å². The number of ether oxygens (including phenoxy) is 1. The highest BCUT2D eigenvalue weighted by molar-refractivity contribution is 5.99. The molecule has 0 N–H and O–H groups in total. The molecule has 1 aromatic rings. The van der Waals surface area contributed by atoms with Gasteiger partial charge in [0.2, 0.25) is 5.78 Å². The minimum Gasteiger partial charge on any atom is -0.457 e. The molecule has 0 spiro atoms. The van der Waals surface area contributed by atoms with Crippen LogP contribution >= 0.6 is 0 Å². The minimum atomic E-state index is -0.617. The van der Waals surface area contributed by atoms with Crippen LogP contribution in [0.5, 0.6) is 5.75 Å². The molecule has 19 heavy (non-hydrogen) atoms. The molecule has 0 bridgehead atoms. The predicted octanol–water partition coefficient (Wildman–Crippen LogP) is 3.09. The predicted molar refractivity (Wildman–Crippen MR) is 72.3 cm³/mol. The Hall–Kier alpha value is -2.60. The maximum absolute atomic E-state index is 11.5. The summed E-state index contributed by atoms with van der Waals surface area (Å²) in [5.74, 6) is 0.0907. The number of para-hydroxylation sites is 1. The molecule has 1 aliphatic carbocycles. The molecule has 3 heteroatoms. The Morgan fingerprint density at radius 3 is 2.84 bits per heavy atom. The normalized spacial score (nSPS) is 17.6. The van der Waals surface area contributed by atoms with Crippen molar-refractivity contribution in [3.8, 4) is 11.8 Å². The molecular weight excluding hydrogens is 238 g/mol. The molecule has 0 aromatic heterocycles. The number of carbonyl (C=O) groups is 1. The molecule has 0 saturated heterocycles. The number of rotatable bonds is 3. The fourth-order valence-corrected chi connectivity index (χ4v) is 1.83. The summed E-state index contributed by atoms with van der Waals surface area (Å²) in [4.78, 5) is 11.5. The van der Waals surface area contributed by atoms with Crippen LogP contribution in [-0.2, 0) is 4.79 Å². The van der Waals surface area contributed by atoms with Crippen molar-refractivity contribution in [2.75, 3.05) is 0 Å². The Morgan fingerprint density at radius 2 is 2.16 bits per heavy atom. The number of nitriles is 1. The van der Waals surface area contributed by atoms with E-state index >= 15 is 0 Å². The van der Waals surface area contributed by atoms with Crippen molar-refractivity contribution in [3.63, 3.8) is 0 Å². The van der Waals surface area contributed by atoms with Gasteiger partial charge in [0, 0.05) is 5.57 Å². The molecule has 1 unspecified atom stereocenters. The quantitative estimate of drug-likeness (QED) is 0.775. The molecule has 0 aliphatic heterocycles. The third kappa shape index (κ3) is 2.63. The summed E-state index contributed by atoms with van der Waals surface area (Å²) in [6.45, 7) is 5.80. The zero-order valence-corrected chi connectivity index (χ0v) is 10.6. The molecule has 0 amide bonds. The van der Waals surface area contributed by atoms with Crippen LogP contribution in [0.2, 0.25) is 0 Å². The van der Waals surface area contributed by atoms with Gasteiger partial charge in [-0.05, 0) is 24.6 Å². The van der Waals surface area contributed by atoms with Gasteiger partial charge in [-0.15, -0.1) is 0 Å². The van der Waals surface area contributed by atoms with Crippen LogP contribution in [0.4, 0.5) is 0 Å². The lowest BCUT2D eigenvalue weighted by molar-refractivity contribution is -0.115. The molecule has 2 rings (SSSR count). The van der Waals surface area contributed by atoms with E-state index in [0.717, 1.165) is 5.56 Å². The number of carbonyl (C=O) groups excluding carboxylic acids is 1. The van der Waals surface area contributed by atoms with Crippen LogP contribution in [0.3, 0.4) is 0 Å². The second-order valence-corrected chi connectivity index (χ2v) is 4.26. The maximum Gasteiger partial charge on any atom is 0.243 e. The van der Waals surface area contributed by atoms with Gasteiger partial charge in [-0.2, -0.15) is 5.26 Å². The Bertz CT molecular complexity index is 632. The van der Waals surface area contributed by atoms with E-state index in [0.29, 0.717) is 17.1 Å². The molecule has 0 fully saturated rings. The SMILES string of the molecule is C=C1C(Oc2ccccc2C)=CC=CC1C(=O)C#N. The van der Waals surface area contributed by atoms with Gasteiger partial charge < -0.3 is 4.74 Å². The molecule has 1 aromatic carbocycles. The van der Waals surface area contributed by atoms with Crippen LogP contribution in [0.15, 0.2) is 60.4 Å². The van der Waals surface area contributed by atoms with E-state index in [2.05, 4.69) is 6.58 Å². The number of nitrogens with zero attached hydrogens (tertiary/aromatic N) is 1. The van der Waals surface area contributed by atoms with E-state index < -0.39 is 11.7 Å². The van der Waals surface area contributed by atoms with Gasteiger partial charge in [-0.3, -0.25) is 4.79 Å². The fourth-order valence-electron chi connectivity index (χ4n) is 1.83. The van der Waals surface area contributed by atoms with Crippen molar-refractivity contribution in [2.24, 2.45) is 5.92 Å². The molecule has 0 heterocycles. The van der Waals surface area contributed by atoms with Gasteiger partial charge in [0.15, 0.2) is 0 Å². The first-order valence-electron chi connectivity index (χ1n) is 5.88. The second-order valence-electron chi connectivity index (χ2n) is 4.26. The van der Waals surface area contributed by atoms with Gasteiger partial charge >= 0.3 is 0 Å². The van der Waals surface area contributed by atoms with E-state index in [-0.39, 0.29) is 0 Å². The van der Waals surface area contributed by atoms with Gasteiger partial charge in [0.25, 0.3) is 0 Å². The zero-order chi connectivity index (χ0) is 13.8. The standard InChI is InChI=1S/C16H13NO2/c1-11-6-3-4-8-15(11)19-16-9-5-7-13(12(16)2)14(18)10-17/h3-9,13H,2H2,1H3. The smallest absolute Gasteiger partial charge is 0.243 e.